The summed E-state index contributed by atoms with van der Waals surface area (Å²) in [6, 6.07) is 6.67. The van der Waals surface area contributed by atoms with Gasteiger partial charge in [-0.25, -0.2) is 9.97 Å². The zero-order valence-electron chi connectivity index (χ0n) is 14.4. The summed E-state index contributed by atoms with van der Waals surface area (Å²) in [5.74, 6) is 2.59. The van der Waals surface area contributed by atoms with Crippen molar-refractivity contribution in [2.75, 3.05) is 11.4 Å². The average Bonchev–Trinajstić information content (AvgIpc) is 2.55. The lowest BCUT2D eigenvalue weighted by Gasteiger charge is -2.38. The summed E-state index contributed by atoms with van der Waals surface area (Å²) in [5.41, 5.74) is 2.05. The Balaban J connectivity index is 1.93. The Morgan fingerprint density at radius 3 is 2.70 bits per heavy atom. The molecule has 0 amide bonds. The Bertz CT molecular complexity index is 639. The van der Waals surface area contributed by atoms with Crippen molar-refractivity contribution in [3.63, 3.8) is 0 Å². The average molecular weight is 310 g/mol. The van der Waals surface area contributed by atoms with Crippen LogP contribution in [0.1, 0.15) is 45.2 Å². The van der Waals surface area contributed by atoms with Crippen LogP contribution < -0.4 is 4.90 Å². The van der Waals surface area contributed by atoms with Crippen molar-refractivity contribution < 1.29 is 0 Å². The van der Waals surface area contributed by atoms with Crippen LogP contribution in [0.3, 0.4) is 0 Å². The monoisotopic (exact) mass is 310 g/mol. The molecule has 0 radical (unpaired) electrons. The molecule has 2 aromatic rings. The van der Waals surface area contributed by atoms with E-state index in [4.69, 9.17) is 4.98 Å². The summed E-state index contributed by atoms with van der Waals surface area (Å²) in [7, 11) is 0. The van der Waals surface area contributed by atoms with Gasteiger partial charge in [-0.3, -0.25) is 4.98 Å². The fraction of sp³-hybridized carbons (Fsp3) is 0.526. The lowest BCUT2D eigenvalue weighted by atomic mass is 9.94. The van der Waals surface area contributed by atoms with E-state index in [0.717, 1.165) is 29.4 Å². The van der Waals surface area contributed by atoms with Gasteiger partial charge in [0, 0.05) is 42.3 Å². The lowest BCUT2D eigenvalue weighted by molar-refractivity contribution is 0.391. The number of piperidine rings is 1. The van der Waals surface area contributed by atoms with E-state index >= 15 is 0 Å². The molecule has 2 aromatic heterocycles. The minimum Gasteiger partial charge on any atom is -0.353 e. The maximum Gasteiger partial charge on any atom is 0.161 e. The Labute approximate surface area is 139 Å². The van der Waals surface area contributed by atoms with Crippen LogP contribution in [0, 0.1) is 12.8 Å². The van der Waals surface area contributed by atoms with Crippen LogP contribution in [0.25, 0.3) is 11.4 Å². The summed E-state index contributed by atoms with van der Waals surface area (Å²) >= 11 is 0. The van der Waals surface area contributed by atoms with Crippen molar-refractivity contribution in [1.29, 1.82) is 0 Å². The highest BCUT2D eigenvalue weighted by atomic mass is 15.2. The smallest absolute Gasteiger partial charge is 0.161 e. The molecule has 0 bridgehead atoms. The van der Waals surface area contributed by atoms with Crippen molar-refractivity contribution in [1.82, 2.24) is 15.0 Å². The third-order valence-electron chi connectivity index (χ3n) is 4.44. The molecule has 0 saturated carbocycles. The molecule has 23 heavy (non-hydrogen) atoms. The second-order valence-electron chi connectivity index (χ2n) is 6.90. The first-order chi connectivity index (χ1) is 11.1. The van der Waals surface area contributed by atoms with Gasteiger partial charge >= 0.3 is 0 Å². The highest BCUT2D eigenvalue weighted by Gasteiger charge is 2.25. The van der Waals surface area contributed by atoms with E-state index in [0.29, 0.717) is 12.0 Å². The van der Waals surface area contributed by atoms with Crippen molar-refractivity contribution >= 4 is 5.82 Å². The van der Waals surface area contributed by atoms with E-state index in [-0.39, 0.29) is 0 Å². The number of rotatable bonds is 4. The first-order valence-electron chi connectivity index (χ1n) is 8.66. The van der Waals surface area contributed by atoms with Gasteiger partial charge < -0.3 is 4.90 Å². The molecule has 3 rings (SSSR count). The molecule has 1 saturated heterocycles. The number of nitrogens with zero attached hydrogens (tertiary/aromatic N) is 4. The fourth-order valence-electron chi connectivity index (χ4n) is 3.42. The minimum atomic E-state index is 0.600. The van der Waals surface area contributed by atoms with E-state index in [1.165, 1.54) is 25.7 Å². The summed E-state index contributed by atoms with van der Waals surface area (Å²) < 4.78 is 0. The molecular weight excluding hydrogens is 284 g/mol. The van der Waals surface area contributed by atoms with Crippen molar-refractivity contribution in [3.05, 3.63) is 36.3 Å². The van der Waals surface area contributed by atoms with Gasteiger partial charge in [0.1, 0.15) is 5.82 Å². The molecule has 1 unspecified atom stereocenters. The van der Waals surface area contributed by atoms with Crippen LogP contribution in [0.2, 0.25) is 0 Å². The fourth-order valence-corrected chi connectivity index (χ4v) is 3.42. The molecule has 4 heteroatoms. The van der Waals surface area contributed by atoms with Gasteiger partial charge in [-0.05, 0) is 50.7 Å². The van der Waals surface area contributed by atoms with E-state index in [9.17, 15) is 0 Å². The molecule has 1 aliphatic rings. The first kappa shape index (κ1) is 15.9. The number of hydrogen-bond acceptors (Lipinski definition) is 4. The Kier molecular flexibility index (Phi) is 4.89. The SMILES string of the molecule is Cc1cc(N2CCCCC2CC(C)C)nc(-c2ccncc2)n1. The minimum absolute atomic E-state index is 0.600. The van der Waals surface area contributed by atoms with Gasteiger partial charge in [0.15, 0.2) is 5.82 Å². The highest BCUT2D eigenvalue weighted by molar-refractivity contribution is 5.57. The molecule has 3 heterocycles. The Morgan fingerprint density at radius 2 is 1.96 bits per heavy atom. The second kappa shape index (κ2) is 7.07. The quantitative estimate of drug-likeness (QED) is 0.846. The standard InChI is InChI=1S/C19H26N4/c1-14(2)12-17-6-4-5-11-23(17)18-13-15(3)21-19(22-18)16-7-9-20-10-8-16/h7-10,13-14,17H,4-6,11-12H2,1-3H3. The third-order valence-corrected chi connectivity index (χ3v) is 4.44. The zero-order chi connectivity index (χ0) is 16.2. The van der Waals surface area contributed by atoms with E-state index in [1.807, 2.05) is 12.1 Å². The van der Waals surface area contributed by atoms with Gasteiger partial charge in [0.2, 0.25) is 0 Å². The molecule has 0 spiro atoms. The number of hydrogen-bond donors (Lipinski definition) is 0. The Hall–Kier alpha value is -1.97. The third kappa shape index (κ3) is 3.87. The van der Waals surface area contributed by atoms with Crippen LogP contribution in [0.15, 0.2) is 30.6 Å². The molecule has 1 fully saturated rings. The second-order valence-corrected chi connectivity index (χ2v) is 6.90. The van der Waals surface area contributed by atoms with Crippen LogP contribution >= 0.6 is 0 Å². The van der Waals surface area contributed by atoms with Gasteiger partial charge in [-0.1, -0.05) is 13.8 Å². The van der Waals surface area contributed by atoms with E-state index in [1.54, 1.807) is 12.4 Å². The summed E-state index contributed by atoms with van der Waals surface area (Å²) in [5, 5.41) is 0. The molecule has 0 aromatic carbocycles. The van der Waals surface area contributed by atoms with Crippen molar-refractivity contribution in [2.24, 2.45) is 5.92 Å². The topological polar surface area (TPSA) is 41.9 Å². The first-order valence-corrected chi connectivity index (χ1v) is 8.66. The number of aromatic nitrogens is 3. The van der Waals surface area contributed by atoms with E-state index < -0.39 is 0 Å². The maximum absolute atomic E-state index is 4.87. The van der Waals surface area contributed by atoms with E-state index in [2.05, 4.69) is 41.7 Å². The number of aryl methyl sites for hydroxylation is 1. The maximum atomic E-state index is 4.87. The van der Waals surface area contributed by atoms with Crippen molar-refractivity contribution in [3.8, 4) is 11.4 Å². The summed E-state index contributed by atoms with van der Waals surface area (Å²) in [6.07, 6.45) is 8.67. The summed E-state index contributed by atoms with van der Waals surface area (Å²) in [4.78, 5) is 16.1. The largest absolute Gasteiger partial charge is 0.353 e. The van der Waals surface area contributed by atoms with Gasteiger partial charge in [0.05, 0.1) is 0 Å². The van der Waals surface area contributed by atoms with Crippen LogP contribution in [0.5, 0.6) is 0 Å². The highest BCUT2D eigenvalue weighted by Crippen LogP contribution is 2.29. The molecule has 4 nitrogen and oxygen atoms in total. The Morgan fingerprint density at radius 1 is 1.17 bits per heavy atom. The normalized spacial score (nSPS) is 18.4. The number of anilines is 1. The van der Waals surface area contributed by atoms with Crippen molar-refractivity contribution in [2.45, 2.75) is 52.5 Å². The van der Waals surface area contributed by atoms with Gasteiger partial charge in [0.25, 0.3) is 0 Å². The molecule has 1 aliphatic heterocycles. The molecule has 122 valence electrons. The molecule has 0 N–H and O–H groups in total. The predicted octanol–water partition coefficient (Wildman–Crippen LogP) is 4.25. The molecule has 1 atom stereocenters. The van der Waals surface area contributed by atoms with Crippen LogP contribution in [-0.2, 0) is 0 Å². The summed E-state index contributed by atoms with van der Waals surface area (Å²) in [6.45, 7) is 7.77. The van der Waals surface area contributed by atoms with Gasteiger partial charge in [-0.15, -0.1) is 0 Å². The van der Waals surface area contributed by atoms with Crippen LogP contribution in [0.4, 0.5) is 5.82 Å². The molecule has 0 aliphatic carbocycles. The zero-order valence-corrected chi connectivity index (χ0v) is 14.4. The predicted molar refractivity (Wildman–Crippen MR) is 94.4 cm³/mol. The number of pyridine rings is 1. The molecular formula is C19H26N4. The van der Waals surface area contributed by atoms with Crippen LogP contribution in [-0.4, -0.2) is 27.5 Å². The lowest BCUT2D eigenvalue weighted by Crippen LogP contribution is -2.41. The van der Waals surface area contributed by atoms with Gasteiger partial charge in [-0.2, -0.15) is 0 Å².